The number of benzene rings is 1. The minimum atomic E-state index is 0.576. The fourth-order valence-corrected chi connectivity index (χ4v) is 3.23. The highest BCUT2D eigenvalue weighted by Gasteiger charge is 2.16. The molecule has 1 saturated heterocycles. The molecular formula is C19H26N6S. The Morgan fingerprint density at radius 2 is 1.81 bits per heavy atom. The molecule has 1 aliphatic rings. The fraction of sp³-hybridized carbons (Fsp3) is 0.368. The topological polar surface area (TPSA) is 69.4 Å². The van der Waals surface area contributed by atoms with Gasteiger partial charge in [0.2, 0.25) is 0 Å². The van der Waals surface area contributed by atoms with E-state index in [1.54, 1.807) is 18.5 Å². The number of aromatic nitrogens is 1. The molecule has 26 heavy (non-hydrogen) atoms. The lowest BCUT2D eigenvalue weighted by molar-refractivity contribution is 0.129. The summed E-state index contributed by atoms with van der Waals surface area (Å²) in [6, 6.07) is 12.4. The van der Waals surface area contributed by atoms with Gasteiger partial charge in [0.05, 0.1) is 17.6 Å². The molecule has 1 aromatic carbocycles. The maximum atomic E-state index is 5.88. The Morgan fingerprint density at radius 1 is 1.08 bits per heavy atom. The first-order valence-electron chi connectivity index (χ1n) is 8.94. The van der Waals surface area contributed by atoms with E-state index in [1.807, 2.05) is 0 Å². The van der Waals surface area contributed by atoms with Crippen LogP contribution in [0, 0.1) is 0 Å². The van der Waals surface area contributed by atoms with Gasteiger partial charge in [-0.05, 0) is 23.8 Å². The SMILES string of the molecule is Nc1ccncc1NC(=S)NCCN1CCN(Cc2ccccc2)CC1. The first-order valence-corrected chi connectivity index (χ1v) is 9.34. The molecule has 0 bridgehead atoms. The van der Waals surface area contributed by atoms with Crippen LogP contribution in [0.3, 0.4) is 0 Å². The Bertz CT molecular complexity index is 700. The Morgan fingerprint density at radius 3 is 2.54 bits per heavy atom. The summed E-state index contributed by atoms with van der Waals surface area (Å²) in [7, 11) is 0. The van der Waals surface area contributed by atoms with Crippen molar-refractivity contribution in [2.75, 3.05) is 50.3 Å². The number of rotatable bonds is 6. The van der Waals surface area contributed by atoms with Gasteiger partial charge in [-0.2, -0.15) is 0 Å². The molecule has 4 N–H and O–H groups in total. The molecule has 1 fully saturated rings. The standard InChI is InChI=1S/C19H26N6S/c20-17-6-7-21-14-18(17)23-19(26)22-8-9-24-10-12-25(13-11-24)15-16-4-2-1-3-5-16/h1-7,14H,8-13,15H2,(H2,20,21)(H2,22,23,26). The van der Waals surface area contributed by atoms with E-state index in [0.29, 0.717) is 10.8 Å². The van der Waals surface area contributed by atoms with Crippen molar-refractivity contribution in [3.05, 3.63) is 54.4 Å². The number of thiocarbonyl (C=S) groups is 1. The van der Waals surface area contributed by atoms with Crippen molar-refractivity contribution in [2.24, 2.45) is 0 Å². The van der Waals surface area contributed by atoms with Crippen LogP contribution in [0.25, 0.3) is 0 Å². The van der Waals surface area contributed by atoms with Crippen molar-refractivity contribution in [3.63, 3.8) is 0 Å². The molecule has 138 valence electrons. The molecule has 2 heterocycles. The van der Waals surface area contributed by atoms with Gasteiger partial charge in [0.1, 0.15) is 0 Å². The summed E-state index contributed by atoms with van der Waals surface area (Å²) in [5, 5.41) is 6.90. The van der Waals surface area contributed by atoms with Crippen molar-refractivity contribution in [1.82, 2.24) is 20.1 Å². The predicted molar refractivity (Wildman–Crippen MR) is 111 cm³/mol. The zero-order valence-electron chi connectivity index (χ0n) is 14.9. The lowest BCUT2D eigenvalue weighted by Crippen LogP contribution is -2.48. The monoisotopic (exact) mass is 370 g/mol. The van der Waals surface area contributed by atoms with Gasteiger partial charge in [-0.25, -0.2) is 0 Å². The van der Waals surface area contributed by atoms with Crippen LogP contribution in [-0.4, -0.2) is 59.2 Å². The number of pyridine rings is 1. The number of piperazine rings is 1. The van der Waals surface area contributed by atoms with Crippen molar-refractivity contribution in [2.45, 2.75) is 6.54 Å². The molecule has 6 nitrogen and oxygen atoms in total. The van der Waals surface area contributed by atoms with Gasteiger partial charge in [-0.3, -0.25) is 14.8 Å². The number of hydrogen-bond donors (Lipinski definition) is 3. The Labute approximate surface area is 160 Å². The zero-order chi connectivity index (χ0) is 18.2. The van der Waals surface area contributed by atoms with Gasteiger partial charge in [0, 0.05) is 52.0 Å². The number of nitrogens with two attached hydrogens (primary N) is 1. The highest BCUT2D eigenvalue weighted by atomic mass is 32.1. The summed E-state index contributed by atoms with van der Waals surface area (Å²) in [6.45, 7) is 7.20. The maximum Gasteiger partial charge on any atom is 0.170 e. The van der Waals surface area contributed by atoms with Crippen molar-refractivity contribution >= 4 is 28.7 Å². The summed E-state index contributed by atoms with van der Waals surface area (Å²) < 4.78 is 0. The summed E-state index contributed by atoms with van der Waals surface area (Å²) in [5.41, 5.74) is 8.64. The number of nitrogen functional groups attached to an aromatic ring is 1. The third-order valence-corrected chi connectivity index (χ3v) is 4.78. The average molecular weight is 371 g/mol. The van der Waals surface area contributed by atoms with Crippen LogP contribution in [0.5, 0.6) is 0 Å². The fourth-order valence-electron chi connectivity index (χ4n) is 3.02. The number of anilines is 2. The summed E-state index contributed by atoms with van der Waals surface area (Å²) in [5.74, 6) is 0. The van der Waals surface area contributed by atoms with E-state index >= 15 is 0 Å². The second-order valence-corrected chi connectivity index (χ2v) is 6.86. The van der Waals surface area contributed by atoms with Crippen LogP contribution in [0.1, 0.15) is 5.56 Å². The van der Waals surface area contributed by atoms with Gasteiger partial charge in [0.15, 0.2) is 5.11 Å². The molecule has 0 unspecified atom stereocenters. The average Bonchev–Trinajstić information content (AvgIpc) is 2.66. The molecule has 0 radical (unpaired) electrons. The second kappa shape index (κ2) is 9.47. The van der Waals surface area contributed by atoms with Crippen LogP contribution in [0.15, 0.2) is 48.8 Å². The van der Waals surface area contributed by atoms with Crippen molar-refractivity contribution in [1.29, 1.82) is 0 Å². The van der Waals surface area contributed by atoms with Gasteiger partial charge in [-0.15, -0.1) is 0 Å². The molecule has 0 aliphatic carbocycles. The number of hydrogen-bond acceptors (Lipinski definition) is 5. The van der Waals surface area contributed by atoms with Crippen LogP contribution in [-0.2, 0) is 6.54 Å². The normalized spacial score (nSPS) is 15.5. The Hall–Kier alpha value is -2.22. The number of nitrogens with one attached hydrogen (secondary N) is 2. The highest BCUT2D eigenvalue weighted by molar-refractivity contribution is 7.80. The lowest BCUT2D eigenvalue weighted by atomic mass is 10.2. The largest absolute Gasteiger partial charge is 0.397 e. The first kappa shape index (κ1) is 18.6. The quantitative estimate of drug-likeness (QED) is 0.670. The minimum Gasteiger partial charge on any atom is -0.397 e. The summed E-state index contributed by atoms with van der Waals surface area (Å²) in [4.78, 5) is 9.02. The van der Waals surface area contributed by atoms with Crippen LogP contribution in [0.4, 0.5) is 11.4 Å². The van der Waals surface area contributed by atoms with Crippen molar-refractivity contribution < 1.29 is 0 Å². The summed E-state index contributed by atoms with van der Waals surface area (Å²) in [6.07, 6.45) is 3.34. The van der Waals surface area contributed by atoms with Crippen LogP contribution in [0.2, 0.25) is 0 Å². The van der Waals surface area contributed by atoms with Gasteiger partial charge in [-0.1, -0.05) is 30.3 Å². The smallest absolute Gasteiger partial charge is 0.170 e. The minimum absolute atomic E-state index is 0.576. The number of nitrogens with zero attached hydrogens (tertiary/aromatic N) is 3. The van der Waals surface area contributed by atoms with E-state index < -0.39 is 0 Å². The molecule has 1 aromatic heterocycles. The molecule has 2 aromatic rings. The molecule has 0 atom stereocenters. The maximum absolute atomic E-state index is 5.88. The third kappa shape index (κ3) is 5.66. The van der Waals surface area contributed by atoms with E-state index in [2.05, 4.69) is 55.7 Å². The van der Waals surface area contributed by atoms with E-state index in [1.165, 1.54) is 5.56 Å². The summed E-state index contributed by atoms with van der Waals surface area (Å²) >= 11 is 5.32. The van der Waals surface area contributed by atoms with Crippen LogP contribution >= 0.6 is 12.2 Å². The van der Waals surface area contributed by atoms with E-state index in [9.17, 15) is 0 Å². The molecule has 3 rings (SSSR count). The lowest BCUT2D eigenvalue weighted by Gasteiger charge is -2.34. The Balaban J connectivity index is 1.32. The van der Waals surface area contributed by atoms with Gasteiger partial charge in [0.25, 0.3) is 0 Å². The van der Waals surface area contributed by atoms with E-state index in [4.69, 9.17) is 18.0 Å². The molecule has 7 heteroatoms. The van der Waals surface area contributed by atoms with Gasteiger partial charge >= 0.3 is 0 Å². The molecule has 1 aliphatic heterocycles. The van der Waals surface area contributed by atoms with Gasteiger partial charge < -0.3 is 16.4 Å². The zero-order valence-corrected chi connectivity index (χ0v) is 15.7. The van der Waals surface area contributed by atoms with E-state index in [-0.39, 0.29) is 0 Å². The van der Waals surface area contributed by atoms with Crippen LogP contribution < -0.4 is 16.4 Å². The third-order valence-electron chi connectivity index (χ3n) is 4.53. The predicted octanol–water partition coefficient (Wildman–Crippen LogP) is 1.77. The molecular weight excluding hydrogens is 344 g/mol. The second-order valence-electron chi connectivity index (χ2n) is 6.45. The van der Waals surface area contributed by atoms with Crippen molar-refractivity contribution in [3.8, 4) is 0 Å². The molecule has 0 spiro atoms. The molecule has 0 amide bonds. The van der Waals surface area contributed by atoms with E-state index in [0.717, 1.165) is 51.5 Å². The molecule has 0 saturated carbocycles. The first-order chi connectivity index (χ1) is 12.7. The highest BCUT2D eigenvalue weighted by Crippen LogP contribution is 2.14. The Kier molecular flexibility index (Phi) is 6.76.